The molecule has 176 valence electrons. The van der Waals surface area contributed by atoms with E-state index in [1.807, 2.05) is 19.1 Å². The summed E-state index contributed by atoms with van der Waals surface area (Å²) in [6.45, 7) is 2.66. The van der Waals surface area contributed by atoms with Crippen LogP contribution in [-0.2, 0) is 16.0 Å². The van der Waals surface area contributed by atoms with Crippen LogP contribution in [0.2, 0.25) is 0 Å². The topological polar surface area (TPSA) is 57.7 Å². The molecule has 0 amide bonds. The molecule has 0 N–H and O–H groups in total. The second-order valence-electron chi connectivity index (χ2n) is 9.46. The number of benzene rings is 2. The normalized spacial score (nSPS) is 18.9. The van der Waals surface area contributed by atoms with Crippen LogP contribution in [0.4, 0.5) is 0 Å². The highest BCUT2D eigenvalue weighted by Crippen LogP contribution is 2.48. The van der Waals surface area contributed by atoms with Crippen molar-refractivity contribution in [2.75, 3.05) is 20.8 Å². The highest BCUT2D eigenvalue weighted by molar-refractivity contribution is 5.73. The molecule has 0 saturated heterocycles. The summed E-state index contributed by atoms with van der Waals surface area (Å²) in [5, 5.41) is 0. The Kier molecular flexibility index (Phi) is 6.27. The number of rotatable bonds is 7. The summed E-state index contributed by atoms with van der Waals surface area (Å²) in [4.78, 5) is 16.5. The minimum Gasteiger partial charge on any atom is -0.493 e. The molecular formula is C29H31NO4. The first-order chi connectivity index (χ1) is 16.6. The van der Waals surface area contributed by atoms with Crippen LogP contribution >= 0.6 is 0 Å². The molecule has 1 fully saturated rings. The third-order valence-corrected chi connectivity index (χ3v) is 7.28. The van der Waals surface area contributed by atoms with Gasteiger partial charge >= 0.3 is 5.97 Å². The molecule has 0 bridgehead atoms. The molecule has 2 unspecified atom stereocenters. The van der Waals surface area contributed by atoms with Crippen molar-refractivity contribution in [3.05, 3.63) is 77.5 Å². The van der Waals surface area contributed by atoms with Gasteiger partial charge in [0.1, 0.15) is 5.75 Å². The summed E-state index contributed by atoms with van der Waals surface area (Å²) in [6, 6.07) is 19.1. The quantitative estimate of drug-likeness (QED) is 0.421. The third-order valence-electron chi connectivity index (χ3n) is 7.28. The van der Waals surface area contributed by atoms with Gasteiger partial charge in [-0.25, -0.2) is 4.98 Å². The van der Waals surface area contributed by atoms with Crippen LogP contribution in [-0.4, -0.2) is 31.8 Å². The molecule has 3 atom stereocenters. The molecule has 2 heterocycles. The molecule has 5 rings (SSSR count). The maximum absolute atomic E-state index is 12.3. The predicted octanol–water partition coefficient (Wildman–Crippen LogP) is 5.78. The Morgan fingerprint density at radius 2 is 1.82 bits per heavy atom. The second-order valence-corrected chi connectivity index (χ2v) is 9.46. The lowest BCUT2D eigenvalue weighted by atomic mass is 9.81. The van der Waals surface area contributed by atoms with Crippen LogP contribution in [0, 0.1) is 11.8 Å². The first-order valence-electron chi connectivity index (χ1n) is 12.0. The van der Waals surface area contributed by atoms with Crippen molar-refractivity contribution < 1.29 is 19.0 Å². The van der Waals surface area contributed by atoms with Crippen LogP contribution < -0.4 is 9.47 Å². The summed E-state index contributed by atoms with van der Waals surface area (Å²) in [5.41, 5.74) is 5.93. The Labute approximate surface area is 201 Å². The van der Waals surface area contributed by atoms with Gasteiger partial charge in [-0.15, -0.1) is 0 Å². The van der Waals surface area contributed by atoms with E-state index in [2.05, 4.69) is 47.4 Å². The maximum Gasteiger partial charge on any atom is 0.309 e. The number of nitrogens with zero attached hydrogens (tertiary/aromatic N) is 1. The average Bonchev–Trinajstić information content (AvgIpc) is 3.73. The van der Waals surface area contributed by atoms with Gasteiger partial charge in [0.05, 0.1) is 26.7 Å². The van der Waals surface area contributed by atoms with Gasteiger partial charge in [0.15, 0.2) is 0 Å². The first kappa shape index (κ1) is 22.5. The lowest BCUT2D eigenvalue weighted by Gasteiger charge is -2.28. The number of methoxy groups -OCH3 is 2. The molecule has 5 heteroatoms. The number of pyridine rings is 1. The molecule has 1 saturated carbocycles. The van der Waals surface area contributed by atoms with Crippen molar-refractivity contribution in [2.24, 2.45) is 11.8 Å². The van der Waals surface area contributed by atoms with Gasteiger partial charge < -0.3 is 14.2 Å². The van der Waals surface area contributed by atoms with E-state index in [0.29, 0.717) is 24.3 Å². The zero-order valence-corrected chi connectivity index (χ0v) is 20.0. The molecule has 0 spiro atoms. The van der Waals surface area contributed by atoms with Crippen LogP contribution in [0.3, 0.4) is 0 Å². The van der Waals surface area contributed by atoms with E-state index < -0.39 is 0 Å². The van der Waals surface area contributed by atoms with Crippen molar-refractivity contribution in [1.82, 2.24) is 4.98 Å². The summed E-state index contributed by atoms with van der Waals surface area (Å²) in [7, 11) is 3.11. The Hall–Kier alpha value is -3.34. The van der Waals surface area contributed by atoms with E-state index in [-0.39, 0.29) is 17.8 Å². The maximum atomic E-state index is 12.3. The molecule has 34 heavy (non-hydrogen) atoms. The van der Waals surface area contributed by atoms with Gasteiger partial charge in [-0.05, 0) is 71.0 Å². The molecule has 5 nitrogen and oxygen atoms in total. The highest BCUT2D eigenvalue weighted by Gasteiger charge is 2.39. The Bertz CT molecular complexity index is 1170. The van der Waals surface area contributed by atoms with E-state index in [9.17, 15) is 4.79 Å². The van der Waals surface area contributed by atoms with Crippen molar-refractivity contribution in [3.8, 4) is 22.8 Å². The smallest absolute Gasteiger partial charge is 0.309 e. The van der Waals surface area contributed by atoms with Gasteiger partial charge in [0.2, 0.25) is 5.88 Å². The average molecular weight is 458 g/mol. The first-order valence-corrected chi connectivity index (χ1v) is 12.0. The van der Waals surface area contributed by atoms with Crippen LogP contribution in [0.15, 0.2) is 60.8 Å². The van der Waals surface area contributed by atoms with Gasteiger partial charge in [0.25, 0.3) is 0 Å². The van der Waals surface area contributed by atoms with E-state index >= 15 is 0 Å². The molecule has 1 aliphatic carbocycles. The largest absolute Gasteiger partial charge is 0.493 e. The summed E-state index contributed by atoms with van der Waals surface area (Å²) in [5.74, 6) is 2.36. The number of fused-ring (bicyclic) bond motifs is 1. The van der Waals surface area contributed by atoms with Crippen LogP contribution in [0.5, 0.6) is 11.6 Å². The van der Waals surface area contributed by atoms with E-state index in [0.717, 1.165) is 23.3 Å². The molecule has 1 aliphatic heterocycles. The Balaban J connectivity index is 1.36. The summed E-state index contributed by atoms with van der Waals surface area (Å²) < 4.78 is 16.5. The predicted molar refractivity (Wildman–Crippen MR) is 131 cm³/mol. The number of esters is 1. The number of carbonyl (C=O) groups is 1. The van der Waals surface area contributed by atoms with Crippen molar-refractivity contribution in [2.45, 2.75) is 38.0 Å². The monoisotopic (exact) mass is 457 g/mol. The van der Waals surface area contributed by atoms with Gasteiger partial charge in [-0.2, -0.15) is 0 Å². The fourth-order valence-corrected chi connectivity index (χ4v) is 5.24. The van der Waals surface area contributed by atoms with Crippen molar-refractivity contribution >= 4 is 5.97 Å². The minimum absolute atomic E-state index is 0.129. The van der Waals surface area contributed by atoms with Crippen molar-refractivity contribution in [1.29, 1.82) is 0 Å². The van der Waals surface area contributed by atoms with Gasteiger partial charge in [-0.3, -0.25) is 4.79 Å². The number of hydrogen-bond acceptors (Lipinski definition) is 5. The summed E-state index contributed by atoms with van der Waals surface area (Å²) in [6.07, 6.45) is 5.05. The fourth-order valence-electron chi connectivity index (χ4n) is 5.24. The summed E-state index contributed by atoms with van der Waals surface area (Å²) >= 11 is 0. The number of hydrogen-bond donors (Lipinski definition) is 0. The van der Waals surface area contributed by atoms with E-state index in [1.165, 1.54) is 36.6 Å². The van der Waals surface area contributed by atoms with E-state index in [4.69, 9.17) is 14.2 Å². The number of ether oxygens (including phenoxy) is 3. The van der Waals surface area contributed by atoms with E-state index in [1.54, 1.807) is 13.3 Å². The zero-order valence-electron chi connectivity index (χ0n) is 20.0. The van der Waals surface area contributed by atoms with Gasteiger partial charge in [-0.1, -0.05) is 43.3 Å². The third kappa shape index (κ3) is 4.52. The molecule has 2 aromatic carbocycles. The lowest BCUT2D eigenvalue weighted by molar-refractivity contribution is -0.145. The highest BCUT2D eigenvalue weighted by atomic mass is 16.5. The molecule has 1 aromatic heterocycles. The molecule has 0 radical (unpaired) electrons. The standard InChI is InChI=1S/C29H31NO4/c1-18(29(31)33-3)28(21-8-9-21)23-10-11-26-24(14-23)15-25(17-34-26)20-6-4-19(5-7-20)22-12-13-30-27(16-22)32-2/h4-7,10-14,16,18,21,25,28H,8-9,15,17H2,1-3H3/t18-,25?,28?/m0/s1. The lowest BCUT2D eigenvalue weighted by Crippen LogP contribution is -2.23. The molecule has 3 aromatic rings. The second kappa shape index (κ2) is 9.49. The Morgan fingerprint density at radius 1 is 1.03 bits per heavy atom. The number of carbonyl (C=O) groups excluding carboxylic acids is 1. The number of aromatic nitrogens is 1. The molecule has 2 aliphatic rings. The van der Waals surface area contributed by atoms with Crippen LogP contribution in [0.25, 0.3) is 11.1 Å². The zero-order chi connectivity index (χ0) is 23.7. The Morgan fingerprint density at radius 3 is 2.53 bits per heavy atom. The van der Waals surface area contributed by atoms with Gasteiger partial charge in [0, 0.05) is 18.2 Å². The SMILES string of the molecule is COC(=O)[C@@H](C)C(c1ccc2c(c1)CC(c1ccc(-c3ccnc(OC)c3)cc1)CO2)C1CC1. The fraction of sp³-hybridized carbons (Fsp3) is 0.379. The van der Waals surface area contributed by atoms with Crippen LogP contribution in [0.1, 0.15) is 48.3 Å². The minimum atomic E-state index is -0.143. The molecular weight excluding hydrogens is 426 g/mol. The van der Waals surface area contributed by atoms with Crippen molar-refractivity contribution in [3.63, 3.8) is 0 Å².